The lowest BCUT2D eigenvalue weighted by Gasteiger charge is -2.34. The summed E-state index contributed by atoms with van der Waals surface area (Å²) in [6, 6.07) is 8.83. The maximum atomic E-state index is 12.6. The van der Waals surface area contributed by atoms with Crippen LogP contribution in [0.15, 0.2) is 43.0 Å². The molecule has 1 fully saturated rings. The van der Waals surface area contributed by atoms with Gasteiger partial charge in [0.2, 0.25) is 6.35 Å². The zero-order valence-electron chi connectivity index (χ0n) is 12.5. The first kappa shape index (κ1) is 15.2. The first-order valence-corrected chi connectivity index (χ1v) is 8.90. The van der Waals surface area contributed by atoms with Gasteiger partial charge >= 0.3 is 7.94 Å². The summed E-state index contributed by atoms with van der Waals surface area (Å²) in [5, 5.41) is 0. The number of fused-ring (bicyclic) bond motifs is 1. The summed E-state index contributed by atoms with van der Waals surface area (Å²) in [5.41, 5.74) is 6.77. The van der Waals surface area contributed by atoms with Crippen molar-refractivity contribution < 1.29 is 18.7 Å². The van der Waals surface area contributed by atoms with E-state index in [-0.39, 0.29) is 18.8 Å². The van der Waals surface area contributed by atoms with Gasteiger partial charge in [-0.05, 0) is 12.1 Å². The highest BCUT2D eigenvalue weighted by Gasteiger charge is 2.40. The highest BCUT2D eigenvalue weighted by molar-refractivity contribution is 7.59. The van der Waals surface area contributed by atoms with Gasteiger partial charge in [0, 0.05) is 0 Å². The second kappa shape index (κ2) is 5.95. The highest BCUT2D eigenvalue weighted by atomic mass is 31.2. The van der Waals surface area contributed by atoms with E-state index in [9.17, 15) is 4.89 Å². The van der Waals surface area contributed by atoms with Gasteiger partial charge in [0.25, 0.3) is 0 Å². The van der Waals surface area contributed by atoms with Crippen molar-refractivity contribution in [1.29, 1.82) is 0 Å². The minimum atomic E-state index is -3.36. The average molecular weight is 347 g/mol. The fourth-order valence-corrected chi connectivity index (χ4v) is 3.71. The third-order valence-electron chi connectivity index (χ3n) is 3.52. The fraction of sp³-hybridized carbons (Fsp3) is 0.214. The van der Waals surface area contributed by atoms with Gasteiger partial charge in [0.05, 0.1) is 6.33 Å². The largest absolute Gasteiger partial charge is 0.622 e. The first-order chi connectivity index (χ1) is 11.6. The number of para-hydroxylation sites is 1. The van der Waals surface area contributed by atoms with Crippen LogP contribution in [-0.2, 0) is 9.26 Å². The molecule has 9 nitrogen and oxygen atoms in total. The number of benzene rings is 1. The molecule has 1 saturated heterocycles. The minimum Gasteiger partial charge on any atom is -0.622 e. The van der Waals surface area contributed by atoms with Crippen molar-refractivity contribution in [1.82, 2.24) is 19.5 Å². The van der Waals surface area contributed by atoms with Gasteiger partial charge in [-0.2, -0.15) is 4.52 Å². The van der Waals surface area contributed by atoms with E-state index in [0.717, 1.165) is 0 Å². The number of aromatic nitrogens is 4. The summed E-state index contributed by atoms with van der Waals surface area (Å²) in [4.78, 5) is 24.8. The van der Waals surface area contributed by atoms with Crippen LogP contribution in [0.2, 0.25) is 0 Å². The van der Waals surface area contributed by atoms with Gasteiger partial charge in [-0.1, -0.05) is 18.2 Å². The van der Waals surface area contributed by atoms with E-state index < -0.39 is 14.2 Å². The van der Waals surface area contributed by atoms with Crippen molar-refractivity contribution in [2.24, 2.45) is 0 Å². The molecule has 0 spiro atoms. The molecule has 1 aliphatic rings. The Kier molecular flexibility index (Phi) is 3.78. The number of anilines is 1. The second-order valence-electron chi connectivity index (χ2n) is 5.14. The summed E-state index contributed by atoms with van der Waals surface area (Å²) < 4.78 is 18.3. The Morgan fingerprint density at radius 1 is 1.25 bits per heavy atom. The van der Waals surface area contributed by atoms with Gasteiger partial charge in [-0.15, -0.1) is 0 Å². The molecule has 124 valence electrons. The first-order valence-electron chi connectivity index (χ1n) is 7.17. The average Bonchev–Trinajstić information content (AvgIpc) is 3.02. The topological polar surface area (TPSA) is 120 Å². The van der Waals surface area contributed by atoms with Crippen LogP contribution in [0.3, 0.4) is 0 Å². The molecule has 0 saturated carbocycles. The molecule has 1 aliphatic heterocycles. The quantitative estimate of drug-likeness (QED) is 0.700. The van der Waals surface area contributed by atoms with Crippen LogP contribution in [0.5, 0.6) is 5.75 Å². The Balaban J connectivity index is 1.50. The zero-order valence-corrected chi connectivity index (χ0v) is 13.4. The van der Waals surface area contributed by atoms with E-state index in [4.69, 9.17) is 19.5 Å². The molecule has 3 aromatic rings. The molecular formula is C14H14N5O4P. The lowest BCUT2D eigenvalue weighted by molar-refractivity contribution is -0.233. The molecule has 0 aliphatic carbocycles. The van der Waals surface area contributed by atoms with Gasteiger partial charge in [0.15, 0.2) is 23.4 Å². The number of rotatable bonds is 3. The normalized spacial score (nSPS) is 24.1. The third kappa shape index (κ3) is 2.78. The van der Waals surface area contributed by atoms with Crippen LogP contribution in [0, 0.1) is 0 Å². The maximum absolute atomic E-state index is 12.6. The van der Waals surface area contributed by atoms with Crippen molar-refractivity contribution in [3.05, 3.63) is 43.0 Å². The molecular weight excluding hydrogens is 333 g/mol. The Morgan fingerprint density at radius 2 is 2.08 bits per heavy atom. The molecule has 0 amide bonds. The van der Waals surface area contributed by atoms with Crippen LogP contribution < -0.4 is 15.2 Å². The van der Waals surface area contributed by atoms with Crippen LogP contribution in [-0.4, -0.2) is 32.5 Å². The van der Waals surface area contributed by atoms with E-state index in [1.54, 1.807) is 28.8 Å². The highest BCUT2D eigenvalue weighted by Crippen LogP contribution is 2.55. The van der Waals surface area contributed by atoms with Crippen molar-refractivity contribution in [2.45, 2.75) is 6.23 Å². The molecule has 24 heavy (non-hydrogen) atoms. The number of hydrogen-bond donors (Lipinski definition) is 1. The van der Waals surface area contributed by atoms with E-state index in [1.165, 1.54) is 12.7 Å². The van der Waals surface area contributed by atoms with Crippen molar-refractivity contribution in [3.63, 3.8) is 0 Å². The standard InChI is InChI=1S/C14H14N5O4P/c15-13-12-14(17-7-16-13)19(8-18-12)11-6-22-24(20,9-21-11)23-10-4-2-1-3-5-10/h1-5,7-8,11H,6,9H2,(H2,15,16,17)/t11-,24?/m0/s1. The molecule has 0 radical (unpaired) electrons. The van der Waals surface area contributed by atoms with E-state index in [2.05, 4.69) is 15.0 Å². The fourth-order valence-electron chi connectivity index (χ4n) is 2.38. The smallest absolute Gasteiger partial charge is 0.311 e. The Labute approximate surface area is 137 Å². The van der Waals surface area contributed by atoms with Crippen LogP contribution in [0.25, 0.3) is 11.2 Å². The molecule has 10 heteroatoms. The minimum absolute atomic E-state index is 0.0411. The van der Waals surface area contributed by atoms with Crippen LogP contribution >= 0.6 is 7.94 Å². The van der Waals surface area contributed by atoms with Crippen molar-refractivity contribution in [2.75, 3.05) is 18.7 Å². The Bertz CT molecular complexity index is 851. The molecule has 0 bridgehead atoms. The van der Waals surface area contributed by atoms with Gasteiger partial charge < -0.3 is 19.9 Å². The molecule has 2 aromatic heterocycles. The van der Waals surface area contributed by atoms with E-state index in [1.807, 2.05) is 6.07 Å². The second-order valence-corrected chi connectivity index (χ2v) is 7.07. The number of nitrogens with zero attached hydrogens (tertiary/aromatic N) is 4. The zero-order chi connectivity index (χ0) is 16.6. The molecule has 1 unspecified atom stereocenters. The number of nitrogen functional groups attached to an aromatic ring is 1. The number of nitrogens with two attached hydrogens (primary N) is 1. The lowest BCUT2D eigenvalue weighted by atomic mass is 10.3. The lowest BCUT2D eigenvalue weighted by Crippen LogP contribution is -2.33. The van der Waals surface area contributed by atoms with Crippen molar-refractivity contribution in [3.8, 4) is 5.75 Å². The summed E-state index contributed by atoms with van der Waals surface area (Å²) in [6.07, 6.45) is 2.19. The molecule has 1 aromatic carbocycles. The van der Waals surface area contributed by atoms with Gasteiger partial charge in [-0.25, -0.2) is 15.0 Å². The monoisotopic (exact) mass is 347 g/mol. The Morgan fingerprint density at radius 3 is 2.83 bits per heavy atom. The van der Waals surface area contributed by atoms with Gasteiger partial charge in [-0.3, -0.25) is 4.57 Å². The number of hydrogen-bond acceptors (Lipinski definition) is 8. The third-order valence-corrected chi connectivity index (χ3v) is 5.02. The van der Waals surface area contributed by atoms with Gasteiger partial charge in [0.1, 0.15) is 18.5 Å². The summed E-state index contributed by atoms with van der Waals surface area (Å²) in [5.74, 6) is 0.755. The van der Waals surface area contributed by atoms with Crippen molar-refractivity contribution >= 4 is 24.9 Å². The molecule has 4 rings (SSSR count). The summed E-state index contributed by atoms with van der Waals surface area (Å²) in [6.45, 7) is 0.0411. The summed E-state index contributed by atoms with van der Waals surface area (Å²) >= 11 is 0. The van der Waals surface area contributed by atoms with E-state index >= 15 is 0 Å². The predicted molar refractivity (Wildman–Crippen MR) is 84.7 cm³/mol. The Hall–Kier alpha value is -2.32. The SMILES string of the molecule is Nc1ncnc2c1ncn2[C@@H]1CO[P+]([O-])(Oc2ccccc2)CO1. The molecule has 2 N–H and O–H groups in total. The maximum Gasteiger partial charge on any atom is 0.311 e. The van der Waals surface area contributed by atoms with Crippen LogP contribution in [0.4, 0.5) is 5.82 Å². The van der Waals surface area contributed by atoms with E-state index in [0.29, 0.717) is 16.9 Å². The van der Waals surface area contributed by atoms with Crippen LogP contribution in [0.1, 0.15) is 6.23 Å². The number of ether oxygens (including phenoxy) is 1. The number of imidazole rings is 1. The predicted octanol–water partition coefficient (Wildman–Crippen LogP) is 1.11. The summed E-state index contributed by atoms with van der Waals surface area (Å²) in [7, 11) is -3.36. The molecule has 3 heterocycles. The molecule has 2 atom stereocenters.